The van der Waals surface area contributed by atoms with Gasteiger partial charge >= 0.3 is 0 Å². The average molecular weight is 518 g/mol. The third-order valence-electron chi connectivity index (χ3n) is 5.26. The Morgan fingerprint density at radius 1 is 1.15 bits per heavy atom. The minimum absolute atomic E-state index is 0.0224. The van der Waals surface area contributed by atoms with Crippen LogP contribution in [0.1, 0.15) is 31.0 Å². The second-order valence-corrected chi connectivity index (χ2v) is 8.97. The second-order valence-electron chi connectivity index (χ2n) is 8.11. The quantitative estimate of drug-likeness (QED) is 0.298. The number of ketones is 1. The summed E-state index contributed by atoms with van der Waals surface area (Å²) in [5.74, 6) is -0.122. The first-order chi connectivity index (χ1) is 15.8. The molecule has 176 valence electrons. The van der Waals surface area contributed by atoms with Gasteiger partial charge in [-0.2, -0.15) is 0 Å². The molecule has 8 heteroatoms. The Morgan fingerprint density at radius 3 is 2.55 bits per heavy atom. The van der Waals surface area contributed by atoms with Gasteiger partial charge in [-0.15, -0.1) is 0 Å². The molecule has 1 atom stereocenters. The molecule has 3 rings (SSSR count). The largest absolute Gasteiger partial charge is 0.507 e. The first-order valence-corrected chi connectivity index (χ1v) is 11.4. The number of likely N-dealkylation sites (tertiary alicyclic amines) is 1. The van der Waals surface area contributed by atoms with Gasteiger partial charge in [0, 0.05) is 19.2 Å². The Kier molecular flexibility index (Phi) is 8.15. The number of benzene rings is 2. The van der Waals surface area contributed by atoms with Crippen LogP contribution in [0.2, 0.25) is 0 Å². The van der Waals surface area contributed by atoms with Gasteiger partial charge in [0.1, 0.15) is 17.3 Å². The van der Waals surface area contributed by atoms with Crippen molar-refractivity contribution >= 4 is 33.4 Å². The van der Waals surface area contributed by atoms with Crippen LogP contribution in [0.3, 0.4) is 0 Å². The fourth-order valence-corrected chi connectivity index (χ4v) is 4.19. The van der Waals surface area contributed by atoms with Gasteiger partial charge in [0.15, 0.2) is 0 Å². The van der Waals surface area contributed by atoms with E-state index in [-0.39, 0.29) is 24.5 Å². The van der Waals surface area contributed by atoms with Crippen molar-refractivity contribution in [3.63, 3.8) is 0 Å². The second kappa shape index (κ2) is 10.9. The number of hydrogen-bond donors (Lipinski definition) is 1. The predicted molar refractivity (Wildman–Crippen MR) is 128 cm³/mol. The third-order valence-corrected chi connectivity index (χ3v) is 5.88. The van der Waals surface area contributed by atoms with Crippen LogP contribution in [0.25, 0.3) is 5.76 Å². The van der Waals surface area contributed by atoms with Crippen LogP contribution >= 0.6 is 15.9 Å². The van der Waals surface area contributed by atoms with Crippen molar-refractivity contribution in [2.75, 3.05) is 34.0 Å². The molecule has 33 heavy (non-hydrogen) atoms. The molecule has 0 spiro atoms. The van der Waals surface area contributed by atoms with Crippen molar-refractivity contribution < 1.29 is 28.9 Å². The molecule has 1 saturated heterocycles. The van der Waals surface area contributed by atoms with Crippen LogP contribution in [0.4, 0.5) is 0 Å². The summed E-state index contributed by atoms with van der Waals surface area (Å²) in [5.41, 5.74) is 1.08. The van der Waals surface area contributed by atoms with Gasteiger partial charge in [0.25, 0.3) is 11.7 Å². The summed E-state index contributed by atoms with van der Waals surface area (Å²) < 4.78 is 16.9. The third kappa shape index (κ3) is 5.39. The summed E-state index contributed by atoms with van der Waals surface area (Å²) in [6.45, 7) is 5.09. The standard InChI is InChI=1S/C25H28BrNO6/c1-15(2)14-33-18-7-5-6-16(12-18)22-21(24(29)25(30)27(22)10-11-31-3)23(28)17-8-9-20(32-4)19(26)13-17/h5-9,12-13,15,22,28H,10-11,14H2,1-4H3/b23-21+. The highest BCUT2D eigenvalue weighted by atomic mass is 79.9. The minimum atomic E-state index is -0.774. The van der Waals surface area contributed by atoms with E-state index in [2.05, 4.69) is 29.8 Å². The molecule has 0 radical (unpaired) electrons. The van der Waals surface area contributed by atoms with E-state index in [9.17, 15) is 14.7 Å². The van der Waals surface area contributed by atoms with Gasteiger partial charge in [-0.25, -0.2) is 0 Å². The zero-order valence-electron chi connectivity index (χ0n) is 19.1. The Hall–Kier alpha value is -2.84. The molecular formula is C25H28BrNO6. The van der Waals surface area contributed by atoms with E-state index in [0.29, 0.717) is 39.6 Å². The molecule has 1 aliphatic rings. The number of hydrogen-bond acceptors (Lipinski definition) is 6. The Balaban J connectivity index is 2.12. The highest BCUT2D eigenvalue weighted by Crippen LogP contribution is 2.41. The zero-order valence-corrected chi connectivity index (χ0v) is 20.7. The number of aliphatic hydroxyl groups is 1. The fourth-order valence-electron chi connectivity index (χ4n) is 3.65. The molecule has 1 N–H and O–H groups in total. The number of amides is 1. The maximum Gasteiger partial charge on any atom is 0.295 e. The van der Waals surface area contributed by atoms with Crippen LogP contribution in [0.15, 0.2) is 52.5 Å². The summed E-state index contributed by atoms with van der Waals surface area (Å²) in [7, 11) is 3.07. The Morgan fingerprint density at radius 2 is 1.91 bits per heavy atom. The summed E-state index contributed by atoms with van der Waals surface area (Å²) in [4.78, 5) is 27.4. The van der Waals surface area contributed by atoms with E-state index >= 15 is 0 Å². The molecule has 2 aromatic carbocycles. The molecule has 0 aliphatic carbocycles. The predicted octanol–water partition coefficient (Wildman–Crippen LogP) is 4.56. The van der Waals surface area contributed by atoms with E-state index in [1.807, 2.05) is 18.2 Å². The first-order valence-electron chi connectivity index (χ1n) is 10.6. The lowest BCUT2D eigenvalue weighted by Gasteiger charge is -2.25. The molecule has 1 aliphatic heterocycles. The lowest BCUT2D eigenvalue weighted by atomic mass is 9.95. The lowest BCUT2D eigenvalue weighted by Crippen LogP contribution is -2.32. The first kappa shape index (κ1) is 24.8. The summed E-state index contributed by atoms with van der Waals surface area (Å²) in [6, 6.07) is 11.4. The van der Waals surface area contributed by atoms with Crippen molar-refractivity contribution in [3.05, 3.63) is 63.6 Å². The van der Waals surface area contributed by atoms with Crippen molar-refractivity contribution in [2.24, 2.45) is 5.92 Å². The van der Waals surface area contributed by atoms with E-state index < -0.39 is 17.7 Å². The Bertz CT molecular complexity index is 1060. The molecule has 2 aromatic rings. The number of rotatable bonds is 9. The molecule has 0 aromatic heterocycles. The van der Waals surface area contributed by atoms with E-state index in [4.69, 9.17) is 14.2 Å². The number of Topliss-reactive ketones (excluding diaryl/α,β-unsaturated/α-hetero) is 1. The maximum absolute atomic E-state index is 13.1. The van der Waals surface area contributed by atoms with Crippen LogP contribution in [-0.4, -0.2) is 55.7 Å². The number of aliphatic hydroxyl groups excluding tert-OH is 1. The number of methoxy groups -OCH3 is 2. The molecule has 0 saturated carbocycles. The Labute approximate surface area is 202 Å². The van der Waals surface area contributed by atoms with Gasteiger partial charge in [-0.3, -0.25) is 9.59 Å². The monoisotopic (exact) mass is 517 g/mol. The molecule has 1 heterocycles. The zero-order chi connectivity index (χ0) is 24.1. The van der Waals surface area contributed by atoms with E-state index in [0.717, 1.165) is 0 Å². The van der Waals surface area contributed by atoms with Gasteiger partial charge in [0.2, 0.25) is 0 Å². The van der Waals surface area contributed by atoms with Gasteiger partial charge in [0.05, 0.1) is 36.4 Å². The maximum atomic E-state index is 13.1. The van der Waals surface area contributed by atoms with Crippen LogP contribution in [0, 0.1) is 5.92 Å². The van der Waals surface area contributed by atoms with Crippen molar-refractivity contribution in [1.29, 1.82) is 0 Å². The van der Waals surface area contributed by atoms with Crippen molar-refractivity contribution in [3.8, 4) is 11.5 Å². The summed E-state index contributed by atoms with van der Waals surface area (Å²) >= 11 is 3.40. The smallest absolute Gasteiger partial charge is 0.295 e. The van der Waals surface area contributed by atoms with Crippen molar-refractivity contribution in [1.82, 2.24) is 4.90 Å². The number of ether oxygens (including phenoxy) is 3. The van der Waals surface area contributed by atoms with Crippen LogP contribution in [-0.2, 0) is 14.3 Å². The molecule has 0 bridgehead atoms. The number of carbonyl (C=O) groups is 2. The molecule has 1 fully saturated rings. The van der Waals surface area contributed by atoms with E-state index in [1.54, 1.807) is 24.3 Å². The molecule has 1 amide bonds. The molecular weight excluding hydrogens is 490 g/mol. The summed E-state index contributed by atoms with van der Waals surface area (Å²) in [5, 5.41) is 11.2. The lowest BCUT2D eigenvalue weighted by molar-refractivity contribution is -0.140. The van der Waals surface area contributed by atoms with E-state index in [1.165, 1.54) is 19.1 Å². The highest BCUT2D eigenvalue weighted by molar-refractivity contribution is 9.10. The normalized spacial score (nSPS) is 17.6. The number of carbonyl (C=O) groups excluding carboxylic acids is 2. The van der Waals surface area contributed by atoms with Gasteiger partial charge in [-0.05, 0) is 57.7 Å². The summed E-state index contributed by atoms with van der Waals surface area (Å²) in [6.07, 6.45) is 0. The van der Waals surface area contributed by atoms with Crippen LogP contribution < -0.4 is 9.47 Å². The SMILES string of the molecule is COCCN1C(=O)C(=O)/C(=C(/O)c2ccc(OC)c(Br)c2)C1c1cccc(OCC(C)C)c1. The topological polar surface area (TPSA) is 85.3 Å². The fraction of sp³-hybridized carbons (Fsp3) is 0.360. The highest BCUT2D eigenvalue weighted by Gasteiger charge is 2.46. The van der Waals surface area contributed by atoms with Crippen molar-refractivity contribution in [2.45, 2.75) is 19.9 Å². The number of nitrogens with zero attached hydrogens (tertiary/aromatic N) is 1. The minimum Gasteiger partial charge on any atom is -0.507 e. The molecule has 7 nitrogen and oxygen atoms in total. The molecule has 1 unspecified atom stereocenters. The van der Waals surface area contributed by atoms with Crippen LogP contribution in [0.5, 0.6) is 11.5 Å². The number of halogens is 1. The van der Waals surface area contributed by atoms with Gasteiger partial charge in [-0.1, -0.05) is 26.0 Å². The van der Waals surface area contributed by atoms with Gasteiger partial charge < -0.3 is 24.2 Å². The average Bonchev–Trinajstić information content (AvgIpc) is 3.05.